The zero-order valence-corrected chi connectivity index (χ0v) is 21.1. The number of urea groups is 1. The van der Waals surface area contributed by atoms with E-state index in [0.29, 0.717) is 25.3 Å². The van der Waals surface area contributed by atoms with E-state index >= 15 is 0 Å². The van der Waals surface area contributed by atoms with Crippen molar-refractivity contribution in [3.05, 3.63) is 53.6 Å². The van der Waals surface area contributed by atoms with E-state index in [2.05, 4.69) is 12.2 Å². The van der Waals surface area contributed by atoms with Crippen LogP contribution in [0.25, 0.3) is 0 Å². The van der Waals surface area contributed by atoms with Crippen molar-refractivity contribution in [3.63, 3.8) is 0 Å². The van der Waals surface area contributed by atoms with Crippen LogP contribution in [0.3, 0.4) is 0 Å². The summed E-state index contributed by atoms with van der Waals surface area (Å²) in [5.41, 5.74) is 10.0. The minimum absolute atomic E-state index is 0.0549. The Morgan fingerprint density at radius 3 is 2.58 bits per heavy atom. The van der Waals surface area contributed by atoms with Crippen LogP contribution in [-0.4, -0.2) is 42.5 Å². The number of anilines is 3. The van der Waals surface area contributed by atoms with Gasteiger partial charge < -0.3 is 25.6 Å². The van der Waals surface area contributed by atoms with E-state index in [1.807, 2.05) is 49.4 Å². The molecule has 2 aromatic carbocycles. The van der Waals surface area contributed by atoms with Crippen LogP contribution in [0.5, 0.6) is 0 Å². The highest BCUT2D eigenvalue weighted by molar-refractivity contribution is 6.02. The van der Waals surface area contributed by atoms with Gasteiger partial charge in [-0.1, -0.05) is 31.2 Å². The molecule has 4 unspecified atom stereocenters. The summed E-state index contributed by atoms with van der Waals surface area (Å²) in [7, 11) is 0. The minimum Gasteiger partial charge on any atom is -0.481 e. The van der Waals surface area contributed by atoms with E-state index in [-0.39, 0.29) is 30.6 Å². The Hall–Kier alpha value is -3.10. The number of nitrogens with one attached hydrogen (secondary N) is 1. The predicted molar refractivity (Wildman–Crippen MR) is 140 cm³/mol. The molecular formula is C28H37N3O5. The molecule has 2 fully saturated rings. The second kappa shape index (κ2) is 11.8. The Kier molecular flexibility index (Phi) is 8.48. The standard InChI is InChI=1S/C28H37N3O5/c1-3-22-17-21(11-13-35-22)30-23-9-8-20(26-14-19(10-12-36-26)15-27(32)33)16-25(23)31(28(29)34)24-7-5-4-6-18(24)2/h4-9,16,19,21-22,26,30H,3,10-15,17H2,1-2H3,(H2,29,34)(H,32,33). The molecule has 0 radical (unpaired) electrons. The van der Waals surface area contributed by atoms with Crippen LogP contribution >= 0.6 is 0 Å². The number of primary amides is 1. The third-order valence-corrected chi connectivity index (χ3v) is 7.25. The van der Waals surface area contributed by atoms with E-state index in [4.69, 9.17) is 15.2 Å². The van der Waals surface area contributed by atoms with Gasteiger partial charge in [-0.3, -0.25) is 9.69 Å². The number of rotatable bonds is 8. The van der Waals surface area contributed by atoms with Gasteiger partial charge in [0.25, 0.3) is 0 Å². The monoisotopic (exact) mass is 495 g/mol. The highest BCUT2D eigenvalue weighted by atomic mass is 16.5. The summed E-state index contributed by atoms with van der Waals surface area (Å²) in [5.74, 6) is -0.735. The molecule has 2 saturated heterocycles. The molecule has 194 valence electrons. The summed E-state index contributed by atoms with van der Waals surface area (Å²) >= 11 is 0. The van der Waals surface area contributed by atoms with Crippen molar-refractivity contribution in [2.24, 2.45) is 11.7 Å². The number of carboxylic acid groups (broad SMARTS) is 1. The second-order valence-electron chi connectivity index (χ2n) is 9.85. The van der Waals surface area contributed by atoms with Gasteiger partial charge in [-0.25, -0.2) is 4.79 Å². The Morgan fingerprint density at radius 2 is 1.86 bits per heavy atom. The Labute approximate surface area is 212 Å². The first-order valence-corrected chi connectivity index (χ1v) is 12.9. The van der Waals surface area contributed by atoms with Crippen LogP contribution in [-0.2, 0) is 14.3 Å². The molecule has 2 amide bonds. The molecule has 4 rings (SSSR count). The number of aliphatic carboxylic acids is 1. The second-order valence-corrected chi connectivity index (χ2v) is 9.85. The number of carbonyl (C=O) groups excluding carboxylic acids is 1. The van der Waals surface area contributed by atoms with Crippen molar-refractivity contribution in [1.82, 2.24) is 0 Å². The maximum atomic E-state index is 12.9. The highest BCUT2D eigenvalue weighted by Crippen LogP contribution is 2.40. The Morgan fingerprint density at radius 1 is 1.08 bits per heavy atom. The number of carboxylic acids is 1. The summed E-state index contributed by atoms with van der Waals surface area (Å²) in [4.78, 5) is 25.7. The number of nitrogens with zero attached hydrogens (tertiary/aromatic N) is 1. The zero-order valence-electron chi connectivity index (χ0n) is 21.1. The number of aryl methyl sites for hydroxylation is 1. The van der Waals surface area contributed by atoms with Gasteiger partial charge in [0.05, 0.1) is 29.3 Å². The topological polar surface area (TPSA) is 114 Å². The van der Waals surface area contributed by atoms with Crippen molar-refractivity contribution in [1.29, 1.82) is 0 Å². The lowest BCUT2D eigenvalue weighted by Gasteiger charge is -2.33. The van der Waals surface area contributed by atoms with E-state index < -0.39 is 12.0 Å². The number of hydrogen-bond acceptors (Lipinski definition) is 5. The van der Waals surface area contributed by atoms with E-state index in [0.717, 1.165) is 48.2 Å². The van der Waals surface area contributed by atoms with Crippen molar-refractivity contribution in [2.75, 3.05) is 23.4 Å². The summed E-state index contributed by atoms with van der Waals surface area (Å²) in [6, 6.07) is 13.3. The fourth-order valence-corrected chi connectivity index (χ4v) is 5.28. The fourth-order valence-electron chi connectivity index (χ4n) is 5.28. The van der Waals surface area contributed by atoms with Crippen LogP contribution in [0.4, 0.5) is 21.9 Å². The molecule has 36 heavy (non-hydrogen) atoms. The largest absolute Gasteiger partial charge is 0.481 e. The van der Waals surface area contributed by atoms with Gasteiger partial charge in [-0.05, 0) is 74.3 Å². The number of hydrogen-bond donors (Lipinski definition) is 3. The van der Waals surface area contributed by atoms with Gasteiger partial charge in [0.2, 0.25) is 0 Å². The summed E-state index contributed by atoms with van der Waals surface area (Å²) in [6.45, 7) is 5.28. The molecule has 8 heteroatoms. The number of amides is 2. The maximum absolute atomic E-state index is 12.9. The molecule has 4 atom stereocenters. The molecule has 2 heterocycles. The molecule has 0 spiro atoms. The van der Waals surface area contributed by atoms with Crippen molar-refractivity contribution < 1.29 is 24.2 Å². The van der Waals surface area contributed by atoms with Gasteiger partial charge in [0, 0.05) is 25.7 Å². The molecule has 2 aliphatic heterocycles. The highest BCUT2D eigenvalue weighted by Gasteiger charge is 2.29. The van der Waals surface area contributed by atoms with E-state index in [9.17, 15) is 14.7 Å². The smallest absolute Gasteiger partial charge is 0.323 e. The molecule has 0 bridgehead atoms. The lowest BCUT2D eigenvalue weighted by atomic mass is 9.89. The van der Waals surface area contributed by atoms with Crippen LogP contribution in [0.15, 0.2) is 42.5 Å². The SMILES string of the molecule is CCC1CC(Nc2ccc(C3CC(CC(=O)O)CCO3)cc2N(C(N)=O)c2ccccc2C)CCO1. The molecular weight excluding hydrogens is 458 g/mol. The molecule has 4 N–H and O–H groups in total. The Balaban J connectivity index is 1.71. The van der Waals surface area contributed by atoms with Gasteiger partial charge in [-0.2, -0.15) is 0 Å². The summed E-state index contributed by atoms with van der Waals surface area (Å²) < 4.78 is 11.9. The average Bonchev–Trinajstić information content (AvgIpc) is 2.86. The maximum Gasteiger partial charge on any atom is 0.323 e. The normalized spacial score (nSPS) is 24.2. The Bertz CT molecular complexity index is 1070. The van der Waals surface area contributed by atoms with Gasteiger partial charge >= 0.3 is 12.0 Å². The predicted octanol–water partition coefficient (Wildman–Crippen LogP) is 5.52. The summed E-state index contributed by atoms with van der Waals surface area (Å²) in [5, 5.41) is 12.9. The average molecular weight is 496 g/mol. The van der Waals surface area contributed by atoms with Gasteiger partial charge in [0.1, 0.15) is 0 Å². The van der Waals surface area contributed by atoms with E-state index in [1.165, 1.54) is 0 Å². The lowest BCUT2D eigenvalue weighted by molar-refractivity contribution is -0.139. The van der Waals surface area contributed by atoms with E-state index in [1.54, 1.807) is 4.90 Å². The molecule has 0 aromatic heterocycles. The lowest BCUT2D eigenvalue weighted by Crippen LogP contribution is -2.36. The first-order valence-electron chi connectivity index (χ1n) is 12.9. The van der Waals surface area contributed by atoms with Gasteiger partial charge in [0.15, 0.2) is 0 Å². The zero-order chi connectivity index (χ0) is 25.7. The number of carbonyl (C=O) groups is 2. The van der Waals surface area contributed by atoms with Crippen molar-refractivity contribution in [2.45, 2.75) is 70.6 Å². The first-order chi connectivity index (χ1) is 17.4. The third kappa shape index (κ3) is 6.17. The number of ether oxygens (including phenoxy) is 2. The summed E-state index contributed by atoms with van der Waals surface area (Å²) in [6.07, 6.45) is 4.18. The quantitative estimate of drug-likeness (QED) is 0.444. The van der Waals surface area contributed by atoms with Gasteiger partial charge in [-0.15, -0.1) is 0 Å². The number of benzene rings is 2. The van der Waals surface area contributed by atoms with Crippen LogP contribution in [0, 0.1) is 12.8 Å². The number of para-hydroxylation sites is 1. The van der Waals surface area contributed by atoms with Crippen LogP contribution in [0.2, 0.25) is 0 Å². The fraction of sp³-hybridized carbons (Fsp3) is 0.500. The van der Waals surface area contributed by atoms with Crippen molar-refractivity contribution in [3.8, 4) is 0 Å². The van der Waals surface area contributed by atoms with Crippen LogP contribution in [0.1, 0.15) is 62.7 Å². The molecule has 2 aliphatic rings. The first kappa shape index (κ1) is 26.0. The minimum atomic E-state index is -0.790. The van der Waals surface area contributed by atoms with Crippen molar-refractivity contribution >= 4 is 29.1 Å². The molecule has 8 nitrogen and oxygen atoms in total. The van der Waals surface area contributed by atoms with Crippen LogP contribution < -0.4 is 16.0 Å². The molecule has 0 aliphatic carbocycles. The molecule has 2 aromatic rings. The molecule has 0 saturated carbocycles. The third-order valence-electron chi connectivity index (χ3n) is 7.25. The number of nitrogens with two attached hydrogens (primary N) is 1.